The van der Waals surface area contributed by atoms with Crippen LogP contribution in [0.2, 0.25) is 0 Å². The van der Waals surface area contributed by atoms with Crippen molar-refractivity contribution in [2.75, 3.05) is 26.8 Å². The molecule has 0 bridgehead atoms. The Morgan fingerprint density at radius 3 is 2.96 bits per heavy atom. The van der Waals surface area contributed by atoms with E-state index >= 15 is 0 Å². The highest BCUT2D eigenvalue weighted by Gasteiger charge is 2.28. The van der Waals surface area contributed by atoms with Crippen LogP contribution in [0.25, 0.3) is 0 Å². The van der Waals surface area contributed by atoms with Gasteiger partial charge in [-0.3, -0.25) is 9.59 Å². The number of amides is 2. The third kappa shape index (κ3) is 4.54. The number of ether oxygens (including phenoxy) is 1. The molecule has 0 saturated heterocycles. The quantitative estimate of drug-likeness (QED) is 0.691. The minimum Gasteiger partial charge on any atom is -0.383 e. The van der Waals surface area contributed by atoms with E-state index in [-0.39, 0.29) is 17.7 Å². The lowest BCUT2D eigenvalue weighted by Crippen LogP contribution is -2.37. The molecule has 0 spiro atoms. The second-order valence-corrected chi connectivity index (χ2v) is 5.82. The van der Waals surface area contributed by atoms with Crippen LogP contribution in [-0.2, 0) is 22.5 Å². The minimum absolute atomic E-state index is 0.0374. The highest BCUT2D eigenvalue weighted by Crippen LogP contribution is 2.22. The van der Waals surface area contributed by atoms with Crippen molar-refractivity contribution in [3.05, 3.63) is 17.7 Å². The fourth-order valence-corrected chi connectivity index (χ4v) is 2.75. The Morgan fingerprint density at radius 1 is 1.39 bits per heavy atom. The van der Waals surface area contributed by atoms with Crippen molar-refractivity contribution in [1.29, 1.82) is 0 Å². The number of nitrogens with zero attached hydrogens (tertiary/aromatic N) is 2. The zero-order valence-electron chi connectivity index (χ0n) is 13.9. The number of rotatable bonds is 8. The van der Waals surface area contributed by atoms with E-state index in [4.69, 9.17) is 4.74 Å². The third-order valence-corrected chi connectivity index (χ3v) is 4.10. The van der Waals surface area contributed by atoms with Gasteiger partial charge in [-0.05, 0) is 19.3 Å². The lowest BCUT2D eigenvalue weighted by molar-refractivity contribution is -0.126. The molecule has 7 nitrogen and oxygen atoms in total. The molecule has 2 N–H and O–H groups in total. The maximum atomic E-state index is 12.2. The van der Waals surface area contributed by atoms with Crippen LogP contribution in [0.1, 0.15) is 42.4 Å². The van der Waals surface area contributed by atoms with Crippen LogP contribution >= 0.6 is 0 Å². The second kappa shape index (κ2) is 8.67. The summed E-state index contributed by atoms with van der Waals surface area (Å²) in [4.78, 5) is 28.5. The monoisotopic (exact) mass is 322 g/mol. The normalized spacial score (nSPS) is 16.7. The summed E-state index contributed by atoms with van der Waals surface area (Å²) in [6.07, 6.45) is 5.10. The largest absolute Gasteiger partial charge is 0.383 e. The molecule has 1 unspecified atom stereocenters. The fourth-order valence-electron chi connectivity index (χ4n) is 2.75. The molecular weight excluding hydrogens is 296 g/mol. The molecule has 0 saturated carbocycles. The number of nitrogens with one attached hydrogen (secondary N) is 2. The van der Waals surface area contributed by atoms with Crippen molar-refractivity contribution in [1.82, 2.24) is 20.2 Å². The van der Waals surface area contributed by atoms with Crippen LogP contribution in [0, 0.1) is 5.92 Å². The summed E-state index contributed by atoms with van der Waals surface area (Å²) in [6.45, 7) is 4.36. The van der Waals surface area contributed by atoms with Gasteiger partial charge in [0, 0.05) is 26.7 Å². The van der Waals surface area contributed by atoms with E-state index < -0.39 is 0 Å². The first kappa shape index (κ1) is 17.5. The van der Waals surface area contributed by atoms with Crippen molar-refractivity contribution in [3.8, 4) is 0 Å². The SMILES string of the molecule is CCCCNC(=O)c1ncn2c1CCC(C(=O)NCCOC)C2. The van der Waals surface area contributed by atoms with Crippen molar-refractivity contribution in [3.63, 3.8) is 0 Å². The summed E-state index contributed by atoms with van der Waals surface area (Å²) in [7, 11) is 1.61. The van der Waals surface area contributed by atoms with Gasteiger partial charge in [0.05, 0.1) is 24.5 Å². The van der Waals surface area contributed by atoms with Crippen LogP contribution in [0.15, 0.2) is 6.33 Å². The summed E-state index contributed by atoms with van der Waals surface area (Å²) in [6, 6.07) is 0. The van der Waals surface area contributed by atoms with Gasteiger partial charge < -0.3 is 19.9 Å². The Labute approximate surface area is 136 Å². The van der Waals surface area contributed by atoms with Crippen molar-refractivity contribution in [2.45, 2.75) is 39.2 Å². The molecule has 0 aliphatic carbocycles. The molecule has 2 heterocycles. The van der Waals surface area contributed by atoms with Crippen LogP contribution in [0.5, 0.6) is 0 Å². The highest BCUT2D eigenvalue weighted by molar-refractivity contribution is 5.93. The van der Waals surface area contributed by atoms with E-state index in [0.29, 0.717) is 38.4 Å². The lowest BCUT2D eigenvalue weighted by atomic mass is 9.96. The summed E-state index contributed by atoms with van der Waals surface area (Å²) < 4.78 is 6.86. The van der Waals surface area contributed by atoms with Crippen LogP contribution in [0.3, 0.4) is 0 Å². The number of methoxy groups -OCH3 is 1. The average Bonchev–Trinajstić information content (AvgIpc) is 2.98. The molecule has 7 heteroatoms. The van der Waals surface area contributed by atoms with Gasteiger partial charge in [-0.25, -0.2) is 4.98 Å². The number of carbonyl (C=O) groups is 2. The second-order valence-electron chi connectivity index (χ2n) is 5.82. The summed E-state index contributed by atoms with van der Waals surface area (Å²) >= 11 is 0. The molecule has 0 radical (unpaired) electrons. The van der Waals surface area contributed by atoms with E-state index in [1.165, 1.54) is 0 Å². The molecule has 2 rings (SSSR count). The van der Waals surface area contributed by atoms with Crippen LogP contribution < -0.4 is 10.6 Å². The van der Waals surface area contributed by atoms with Crippen molar-refractivity contribution < 1.29 is 14.3 Å². The zero-order chi connectivity index (χ0) is 16.7. The number of unbranched alkanes of at least 4 members (excludes halogenated alkanes) is 1. The Bertz CT molecular complexity index is 541. The third-order valence-electron chi connectivity index (χ3n) is 4.10. The summed E-state index contributed by atoms with van der Waals surface area (Å²) in [5.41, 5.74) is 1.43. The minimum atomic E-state index is -0.116. The summed E-state index contributed by atoms with van der Waals surface area (Å²) in [5, 5.41) is 5.77. The number of hydrogen-bond donors (Lipinski definition) is 2. The zero-order valence-corrected chi connectivity index (χ0v) is 13.9. The number of fused-ring (bicyclic) bond motifs is 1. The van der Waals surface area contributed by atoms with Crippen molar-refractivity contribution >= 4 is 11.8 Å². The Hall–Kier alpha value is -1.89. The highest BCUT2D eigenvalue weighted by atomic mass is 16.5. The van der Waals surface area contributed by atoms with E-state index in [9.17, 15) is 9.59 Å². The van der Waals surface area contributed by atoms with E-state index in [1.807, 2.05) is 4.57 Å². The summed E-state index contributed by atoms with van der Waals surface area (Å²) in [5.74, 6) is -0.157. The van der Waals surface area contributed by atoms with Gasteiger partial charge >= 0.3 is 0 Å². The molecule has 1 aromatic heterocycles. The molecule has 0 aromatic carbocycles. The standard InChI is InChI=1S/C16H26N4O3/c1-3-4-7-17-16(22)14-13-6-5-12(10-20(13)11-19-14)15(21)18-8-9-23-2/h11-12H,3-10H2,1-2H3,(H,17,22)(H,18,21). The van der Waals surface area contributed by atoms with E-state index in [0.717, 1.165) is 25.0 Å². The van der Waals surface area contributed by atoms with Crippen molar-refractivity contribution in [2.24, 2.45) is 5.92 Å². The van der Waals surface area contributed by atoms with E-state index in [2.05, 4.69) is 22.5 Å². The smallest absolute Gasteiger partial charge is 0.271 e. The number of carbonyl (C=O) groups excluding carboxylic acids is 2. The average molecular weight is 322 g/mol. The first-order valence-electron chi connectivity index (χ1n) is 8.26. The Morgan fingerprint density at radius 2 is 2.22 bits per heavy atom. The maximum absolute atomic E-state index is 12.2. The Balaban J connectivity index is 1.93. The van der Waals surface area contributed by atoms with Gasteiger partial charge in [0.1, 0.15) is 5.69 Å². The lowest BCUT2D eigenvalue weighted by Gasteiger charge is -2.23. The molecule has 0 fully saturated rings. The van der Waals surface area contributed by atoms with Gasteiger partial charge in [-0.2, -0.15) is 0 Å². The molecular formula is C16H26N4O3. The molecule has 2 amide bonds. The van der Waals surface area contributed by atoms with Gasteiger partial charge in [0.15, 0.2) is 0 Å². The fraction of sp³-hybridized carbons (Fsp3) is 0.688. The van der Waals surface area contributed by atoms with Gasteiger partial charge in [-0.15, -0.1) is 0 Å². The molecule has 23 heavy (non-hydrogen) atoms. The molecule has 128 valence electrons. The molecule has 1 aliphatic rings. The first-order valence-corrected chi connectivity index (χ1v) is 8.26. The number of imidazole rings is 1. The topological polar surface area (TPSA) is 85.2 Å². The van der Waals surface area contributed by atoms with Gasteiger partial charge in [0.2, 0.25) is 5.91 Å². The maximum Gasteiger partial charge on any atom is 0.271 e. The van der Waals surface area contributed by atoms with Crippen LogP contribution in [-0.4, -0.2) is 48.2 Å². The molecule has 1 aliphatic heterocycles. The van der Waals surface area contributed by atoms with Gasteiger partial charge in [0.25, 0.3) is 5.91 Å². The predicted molar refractivity (Wildman–Crippen MR) is 86.2 cm³/mol. The predicted octanol–water partition coefficient (Wildman–Crippen LogP) is 0.738. The number of aromatic nitrogens is 2. The first-order chi connectivity index (χ1) is 11.2. The molecule has 1 aromatic rings. The van der Waals surface area contributed by atoms with Crippen LogP contribution in [0.4, 0.5) is 0 Å². The molecule has 1 atom stereocenters. The Kier molecular flexibility index (Phi) is 6.58. The number of hydrogen-bond acceptors (Lipinski definition) is 4. The van der Waals surface area contributed by atoms with Gasteiger partial charge in [-0.1, -0.05) is 13.3 Å². The van der Waals surface area contributed by atoms with E-state index in [1.54, 1.807) is 13.4 Å².